The van der Waals surface area contributed by atoms with Gasteiger partial charge in [0.05, 0.1) is 10.9 Å². The smallest absolute Gasteiger partial charge is 0.268 e. The molecule has 0 saturated heterocycles. The highest BCUT2D eigenvalue weighted by Gasteiger charge is 2.37. The number of rotatable bonds is 7. The number of aliphatic hydroxyl groups excluding tert-OH is 2. The summed E-state index contributed by atoms with van der Waals surface area (Å²) in [6.45, 7) is -0.416. The average molecular weight is 453 g/mol. The molecular formula is C20H21ClN2O4S2. The molecule has 154 valence electrons. The molecule has 2 heterocycles. The van der Waals surface area contributed by atoms with Crippen LogP contribution in [0, 0.1) is 0 Å². The van der Waals surface area contributed by atoms with Gasteiger partial charge in [0, 0.05) is 17.3 Å². The van der Waals surface area contributed by atoms with E-state index in [1.165, 1.54) is 11.3 Å². The number of aromatic nitrogens is 1. The Bertz CT molecular complexity index is 990. The molecule has 0 radical (unpaired) electrons. The van der Waals surface area contributed by atoms with Gasteiger partial charge in [-0.1, -0.05) is 47.0 Å². The minimum atomic E-state index is -1.32. The number of benzene rings is 1. The Hall–Kier alpha value is -1.55. The van der Waals surface area contributed by atoms with Crippen LogP contribution >= 0.6 is 22.9 Å². The van der Waals surface area contributed by atoms with Gasteiger partial charge in [-0.3, -0.25) is 4.79 Å². The van der Waals surface area contributed by atoms with Crippen molar-refractivity contribution in [3.8, 4) is 0 Å². The molecule has 1 aliphatic rings. The van der Waals surface area contributed by atoms with Crippen molar-refractivity contribution in [2.24, 2.45) is 0 Å². The van der Waals surface area contributed by atoms with Gasteiger partial charge in [0.15, 0.2) is 0 Å². The molecule has 4 N–H and O–H groups in total. The van der Waals surface area contributed by atoms with Gasteiger partial charge >= 0.3 is 0 Å². The number of halogens is 1. The largest absolute Gasteiger partial charge is 0.616 e. The van der Waals surface area contributed by atoms with Crippen LogP contribution in [0.1, 0.15) is 27.5 Å². The Morgan fingerprint density at radius 1 is 1.41 bits per heavy atom. The fraction of sp³-hybridized carbons (Fsp3) is 0.350. The molecule has 9 heteroatoms. The first-order valence-electron chi connectivity index (χ1n) is 9.25. The third kappa shape index (κ3) is 4.47. The third-order valence-electron chi connectivity index (χ3n) is 5.17. The molecule has 3 aromatic rings. The quantitative estimate of drug-likeness (QED) is 0.413. The van der Waals surface area contributed by atoms with Crippen molar-refractivity contribution in [3.05, 3.63) is 57.6 Å². The highest BCUT2D eigenvalue weighted by atomic mass is 35.5. The summed E-state index contributed by atoms with van der Waals surface area (Å²) in [5, 5.41) is 22.6. The van der Waals surface area contributed by atoms with Crippen molar-refractivity contribution in [3.63, 3.8) is 0 Å². The van der Waals surface area contributed by atoms with Crippen LogP contribution in [0.15, 0.2) is 36.4 Å². The summed E-state index contributed by atoms with van der Waals surface area (Å²) in [5.41, 5.74) is 2.67. The number of carbonyl (C=O) groups is 1. The molecule has 4 atom stereocenters. The Kier molecular flexibility index (Phi) is 6.19. The molecule has 0 spiro atoms. The first-order valence-corrected chi connectivity index (χ1v) is 11.9. The highest BCUT2D eigenvalue weighted by molar-refractivity contribution is 7.91. The van der Waals surface area contributed by atoms with E-state index in [1.54, 1.807) is 6.07 Å². The van der Waals surface area contributed by atoms with Crippen LogP contribution < -0.4 is 5.32 Å². The normalized spacial score (nSPS) is 20.6. The molecule has 0 bridgehead atoms. The van der Waals surface area contributed by atoms with Gasteiger partial charge in [-0.15, -0.1) is 11.3 Å². The lowest BCUT2D eigenvalue weighted by molar-refractivity contribution is 0.0930. The number of carbonyl (C=O) groups excluding carboxylic acids is 1. The maximum absolute atomic E-state index is 12.8. The van der Waals surface area contributed by atoms with Crippen molar-refractivity contribution in [1.82, 2.24) is 10.3 Å². The minimum absolute atomic E-state index is 0.0174. The lowest BCUT2D eigenvalue weighted by atomic mass is 10.0. The molecule has 0 saturated carbocycles. The van der Waals surface area contributed by atoms with Crippen LogP contribution in [0.4, 0.5) is 0 Å². The van der Waals surface area contributed by atoms with Gasteiger partial charge in [0.1, 0.15) is 28.1 Å². The van der Waals surface area contributed by atoms with Gasteiger partial charge < -0.3 is 25.1 Å². The average Bonchev–Trinajstić information content (AvgIpc) is 3.33. The van der Waals surface area contributed by atoms with E-state index in [0.717, 1.165) is 21.3 Å². The van der Waals surface area contributed by atoms with Gasteiger partial charge in [-0.25, -0.2) is 0 Å². The summed E-state index contributed by atoms with van der Waals surface area (Å²) in [4.78, 5) is 16.8. The van der Waals surface area contributed by atoms with E-state index in [9.17, 15) is 14.5 Å². The molecule has 1 aliphatic carbocycles. The number of nitrogens with one attached hydrogen (secondary N) is 2. The molecule has 0 fully saturated rings. The molecule has 29 heavy (non-hydrogen) atoms. The molecule has 6 nitrogen and oxygen atoms in total. The van der Waals surface area contributed by atoms with Crippen LogP contribution in [0.2, 0.25) is 4.34 Å². The van der Waals surface area contributed by atoms with E-state index in [4.69, 9.17) is 16.7 Å². The number of hydrogen-bond donors (Lipinski definition) is 4. The first kappa shape index (κ1) is 20.7. The van der Waals surface area contributed by atoms with E-state index in [-0.39, 0.29) is 23.6 Å². The van der Waals surface area contributed by atoms with E-state index >= 15 is 0 Å². The van der Waals surface area contributed by atoms with E-state index < -0.39 is 23.9 Å². The van der Waals surface area contributed by atoms with E-state index in [1.807, 2.05) is 30.3 Å². The Morgan fingerprint density at radius 2 is 2.21 bits per heavy atom. The molecular weight excluding hydrogens is 432 g/mol. The van der Waals surface area contributed by atoms with Gasteiger partial charge in [0.25, 0.3) is 5.91 Å². The lowest BCUT2D eigenvalue weighted by Crippen LogP contribution is -2.41. The predicted molar refractivity (Wildman–Crippen MR) is 116 cm³/mol. The van der Waals surface area contributed by atoms with Crippen molar-refractivity contribution in [2.45, 2.75) is 24.5 Å². The summed E-state index contributed by atoms with van der Waals surface area (Å²) < 4.78 is 13.2. The number of H-pyrrole nitrogens is 1. The van der Waals surface area contributed by atoms with Gasteiger partial charge in [-0.2, -0.15) is 0 Å². The number of hydrogen-bond acceptors (Lipinski definition) is 5. The fourth-order valence-electron chi connectivity index (χ4n) is 3.83. The van der Waals surface area contributed by atoms with Crippen molar-refractivity contribution < 1.29 is 19.6 Å². The van der Waals surface area contributed by atoms with Crippen LogP contribution in [0.3, 0.4) is 0 Å². The molecule has 0 aliphatic heterocycles. The van der Waals surface area contributed by atoms with Crippen molar-refractivity contribution >= 4 is 50.2 Å². The lowest BCUT2D eigenvalue weighted by Gasteiger charge is -2.23. The molecule has 4 rings (SSSR count). The van der Waals surface area contributed by atoms with Gasteiger partial charge in [-0.05, 0) is 29.7 Å². The number of amides is 1. The summed E-state index contributed by atoms with van der Waals surface area (Å²) in [6, 6.07) is 11.3. The molecule has 1 amide bonds. The van der Waals surface area contributed by atoms with E-state index in [2.05, 4.69) is 10.3 Å². The monoisotopic (exact) mass is 452 g/mol. The van der Waals surface area contributed by atoms with Crippen molar-refractivity contribution in [1.29, 1.82) is 0 Å². The maximum atomic E-state index is 12.8. The highest BCUT2D eigenvalue weighted by Crippen LogP contribution is 2.35. The third-order valence-corrected chi connectivity index (χ3v) is 7.86. The second-order valence-electron chi connectivity index (χ2n) is 7.22. The minimum Gasteiger partial charge on any atom is -0.616 e. The van der Waals surface area contributed by atoms with Crippen molar-refractivity contribution in [2.75, 3.05) is 18.1 Å². The van der Waals surface area contributed by atoms with Crippen LogP contribution in [-0.4, -0.2) is 55.9 Å². The Balaban J connectivity index is 1.51. The van der Waals surface area contributed by atoms with Gasteiger partial charge in [0.2, 0.25) is 0 Å². The van der Waals surface area contributed by atoms with Crippen LogP contribution in [0.25, 0.3) is 10.2 Å². The second kappa shape index (κ2) is 8.67. The summed E-state index contributed by atoms with van der Waals surface area (Å²) in [5.74, 6) is -0.00120. The summed E-state index contributed by atoms with van der Waals surface area (Å²) >= 11 is 6.06. The number of aromatic amines is 1. The fourth-order valence-corrected chi connectivity index (χ4v) is 6.44. The number of thiophene rings is 1. The second-order valence-corrected chi connectivity index (χ2v) is 10.4. The maximum Gasteiger partial charge on any atom is 0.268 e. The van der Waals surface area contributed by atoms with Crippen LogP contribution in [0.5, 0.6) is 0 Å². The topological polar surface area (TPSA) is 108 Å². The summed E-state index contributed by atoms with van der Waals surface area (Å²) in [7, 11) is 0. The standard InChI is InChI=1S/C20H21ClN2O4S2/c21-18-7-12-6-17(23-20(12)28-18)19(26)22-16-5-11-3-1-2-4-14(11)15(16)10-29(27)9-13(25)8-24/h1-4,6-7,13,15-16,23-25H,5,8-10H2,(H,22,26)/t13?,15-,16-,29?/m1/s1. The predicted octanol–water partition coefficient (Wildman–Crippen LogP) is 2.42. The zero-order chi connectivity index (χ0) is 20.5. The SMILES string of the molecule is O=C(N[C@@H]1Cc2ccccc2[C@H]1C[S+]([O-])CC(O)CO)c1cc2cc(Cl)sc2[nH]1. The number of aliphatic hydroxyl groups is 2. The Labute approximate surface area is 180 Å². The molecule has 2 unspecified atom stereocenters. The molecule has 1 aromatic carbocycles. The van der Waals surface area contributed by atoms with E-state index in [0.29, 0.717) is 22.2 Å². The first-order chi connectivity index (χ1) is 13.9. The summed E-state index contributed by atoms with van der Waals surface area (Å²) in [6.07, 6.45) is -0.341. The zero-order valence-corrected chi connectivity index (χ0v) is 17.8. The number of fused-ring (bicyclic) bond motifs is 2. The van der Waals surface area contributed by atoms with Crippen LogP contribution in [-0.2, 0) is 17.6 Å². The zero-order valence-electron chi connectivity index (χ0n) is 15.4. The Morgan fingerprint density at radius 3 is 2.97 bits per heavy atom. The molecule has 2 aromatic heterocycles.